The summed E-state index contributed by atoms with van der Waals surface area (Å²) in [5, 5.41) is 2.94. The predicted octanol–water partition coefficient (Wildman–Crippen LogP) is 3.84. The Morgan fingerprint density at radius 2 is 1.73 bits per heavy atom. The molecule has 0 aromatic heterocycles. The fourth-order valence-electron chi connectivity index (χ4n) is 1.91. The summed E-state index contributed by atoms with van der Waals surface area (Å²) in [6, 6.07) is 16.1. The number of rotatable bonds is 5. The van der Waals surface area contributed by atoms with E-state index in [4.69, 9.17) is 16.3 Å². The Hall–Kier alpha value is -2.33. The van der Waals surface area contributed by atoms with Gasteiger partial charge in [0.2, 0.25) is 5.78 Å². The molecule has 0 radical (unpaired) electrons. The number of Topliss-reactive ketones (excluding diaryl/α,β-unsaturated/α-hetero) is 1. The lowest BCUT2D eigenvalue weighted by molar-refractivity contribution is 0.0670. The number of nitrogens with one attached hydrogen (secondary N) is 1. The van der Waals surface area contributed by atoms with Gasteiger partial charge in [-0.25, -0.2) is 4.79 Å². The molecular weight excluding hydrogens is 302 g/mol. The molecule has 4 nitrogen and oxygen atoms in total. The quantitative estimate of drug-likeness (QED) is 0.852. The maximum Gasteiger partial charge on any atom is 0.408 e. The molecule has 0 bridgehead atoms. The van der Waals surface area contributed by atoms with Gasteiger partial charge in [0.25, 0.3) is 0 Å². The molecule has 0 heterocycles. The van der Waals surface area contributed by atoms with Gasteiger partial charge in [-0.15, -0.1) is 0 Å². The molecule has 0 unspecified atom stereocenters. The van der Waals surface area contributed by atoms with Gasteiger partial charge in [0.05, 0.1) is 5.02 Å². The van der Waals surface area contributed by atoms with E-state index in [1.165, 1.54) is 6.92 Å². The number of hydrogen-bond donors (Lipinski definition) is 1. The summed E-state index contributed by atoms with van der Waals surface area (Å²) in [5.41, 5.74) is 1.29. The second-order valence-corrected chi connectivity index (χ2v) is 5.14. The van der Waals surface area contributed by atoms with Crippen molar-refractivity contribution in [3.05, 3.63) is 70.7 Å². The SMILES string of the molecule is C[C@@H](OC(=O)NCc1ccccc1)C(=O)c1ccccc1Cl. The number of benzene rings is 2. The average Bonchev–Trinajstić information content (AvgIpc) is 2.53. The van der Waals surface area contributed by atoms with Gasteiger partial charge in [-0.05, 0) is 24.6 Å². The van der Waals surface area contributed by atoms with Crippen LogP contribution >= 0.6 is 11.6 Å². The minimum Gasteiger partial charge on any atom is -0.438 e. The second-order valence-electron chi connectivity index (χ2n) is 4.73. The lowest BCUT2D eigenvalue weighted by Crippen LogP contribution is -2.31. The third kappa shape index (κ3) is 4.33. The molecule has 22 heavy (non-hydrogen) atoms. The molecule has 2 aromatic carbocycles. The number of amides is 1. The number of ketones is 1. The molecule has 1 N–H and O–H groups in total. The van der Waals surface area contributed by atoms with Gasteiger partial charge in [-0.1, -0.05) is 54.1 Å². The molecule has 114 valence electrons. The second kappa shape index (κ2) is 7.61. The first-order chi connectivity index (χ1) is 10.6. The van der Waals surface area contributed by atoms with Gasteiger partial charge in [0, 0.05) is 12.1 Å². The monoisotopic (exact) mass is 317 g/mol. The number of alkyl carbamates (subject to hydrolysis) is 1. The van der Waals surface area contributed by atoms with E-state index >= 15 is 0 Å². The van der Waals surface area contributed by atoms with Crippen LogP contribution in [0.5, 0.6) is 0 Å². The lowest BCUT2D eigenvalue weighted by Gasteiger charge is -2.13. The Kier molecular flexibility index (Phi) is 5.55. The van der Waals surface area contributed by atoms with E-state index in [-0.39, 0.29) is 5.78 Å². The highest BCUT2D eigenvalue weighted by Crippen LogP contribution is 2.17. The molecule has 1 amide bonds. The highest BCUT2D eigenvalue weighted by atomic mass is 35.5. The topological polar surface area (TPSA) is 55.4 Å². The molecule has 2 rings (SSSR count). The van der Waals surface area contributed by atoms with Crippen molar-refractivity contribution in [3.8, 4) is 0 Å². The molecule has 1 atom stereocenters. The molecule has 0 saturated heterocycles. The summed E-state index contributed by atoms with van der Waals surface area (Å²) in [6.07, 6.45) is -1.55. The Labute approximate surface area is 134 Å². The van der Waals surface area contributed by atoms with Crippen molar-refractivity contribution in [1.82, 2.24) is 5.32 Å². The molecule has 0 aliphatic rings. The fraction of sp³-hybridized carbons (Fsp3) is 0.176. The Bertz CT molecular complexity index is 658. The summed E-state index contributed by atoms with van der Waals surface area (Å²) in [5.74, 6) is -0.333. The van der Waals surface area contributed by atoms with Crippen molar-refractivity contribution in [2.75, 3.05) is 0 Å². The van der Waals surface area contributed by atoms with Crippen LogP contribution in [0.3, 0.4) is 0 Å². The van der Waals surface area contributed by atoms with Crippen LogP contribution in [0.4, 0.5) is 4.79 Å². The number of carbonyl (C=O) groups is 2. The summed E-state index contributed by atoms with van der Waals surface area (Å²) in [7, 11) is 0. The first-order valence-corrected chi connectivity index (χ1v) is 7.23. The summed E-state index contributed by atoms with van der Waals surface area (Å²) in [6.45, 7) is 1.86. The van der Waals surface area contributed by atoms with E-state index in [2.05, 4.69) is 5.32 Å². The zero-order valence-corrected chi connectivity index (χ0v) is 12.8. The van der Waals surface area contributed by atoms with Gasteiger partial charge in [0.15, 0.2) is 6.10 Å². The van der Waals surface area contributed by atoms with E-state index in [0.29, 0.717) is 17.1 Å². The van der Waals surface area contributed by atoms with Crippen LogP contribution in [0.1, 0.15) is 22.8 Å². The van der Waals surface area contributed by atoms with Crippen molar-refractivity contribution in [2.45, 2.75) is 19.6 Å². The van der Waals surface area contributed by atoms with E-state index < -0.39 is 12.2 Å². The molecule has 0 saturated carbocycles. The molecule has 5 heteroatoms. The van der Waals surface area contributed by atoms with E-state index in [1.54, 1.807) is 24.3 Å². The van der Waals surface area contributed by atoms with Gasteiger partial charge in [-0.3, -0.25) is 4.79 Å². The summed E-state index contributed by atoms with van der Waals surface area (Å²) >= 11 is 5.96. The molecular formula is C17H16ClNO3. The first-order valence-electron chi connectivity index (χ1n) is 6.85. The van der Waals surface area contributed by atoms with Crippen LogP contribution in [0, 0.1) is 0 Å². The third-order valence-electron chi connectivity index (χ3n) is 3.07. The van der Waals surface area contributed by atoms with Gasteiger partial charge < -0.3 is 10.1 Å². The maximum absolute atomic E-state index is 12.2. The Balaban J connectivity index is 1.88. The molecule has 0 fully saturated rings. The van der Waals surface area contributed by atoms with Crippen LogP contribution in [0.25, 0.3) is 0 Å². The van der Waals surface area contributed by atoms with Crippen molar-refractivity contribution >= 4 is 23.5 Å². The zero-order valence-electron chi connectivity index (χ0n) is 12.1. The van der Waals surface area contributed by atoms with Crippen LogP contribution in [-0.2, 0) is 11.3 Å². The predicted molar refractivity (Wildman–Crippen MR) is 85.0 cm³/mol. The fourth-order valence-corrected chi connectivity index (χ4v) is 2.13. The van der Waals surface area contributed by atoms with E-state index in [9.17, 15) is 9.59 Å². The van der Waals surface area contributed by atoms with Crippen LogP contribution in [-0.4, -0.2) is 18.0 Å². The van der Waals surface area contributed by atoms with Crippen molar-refractivity contribution < 1.29 is 14.3 Å². The normalized spacial score (nSPS) is 11.5. The molecule has 0 aliphatic carbocycles. The summed E-state index contributed by atoms with van der Waals surface area (Å²) < 4.78 is 5.09. The van der Waals surface area contributed by atoms with Crippen molar-refractivity contribution in [1.29, 1.82) is 0 Å². The van der Waals surface area contributed by atoms with Gasteiger partial charge in [-0.2, -0.15) is 0 Å². The van der Waals surface area contributed by atoms with Gasteiger partial charge in [0.1, 0.15) is 0 Å². The first kappa shape index (κ1) is 16.0. The van der Waals surface area contributed by atoms with Crippen molar-refractivity contribution in [3.63, 3.8) is 0 Å². The maximum atomic E-state index is 12.2. The van der Waals surface area contributed by atoms with E-state index in [0.717, 1.165) is 5.56 Å². The Morgan fingerprint density at radius 1 is 1.09 bits per heavy atom. The van der Waals surface area contributed by atoms with E-state index in [1.807, 2.05) is 30.3 Å². The number of ether oxygens (including phenoxy) is 1. The molecule has 0 spiro atoms. The highest BCUT2D eigenvalue weighted by Gasteiger charge is 2.21. The molecule has 2 aromatic rings. The number of halogens is 1. The standard InChI is InChI=1S/C17H16ClNO3/c1-12(16(20)14-9-5-6-10-15(14)18)22-17(21)19-11-13-7-3-2-4-8-13/h2-10,12H,11H2,1H3,(H,19,21)/t12-/m1/s1. The van der Waals surface area contributed by atoms with Gasteiger partial charge >= 0.3 is 6.09 Å². The number of hydrogen-bond acceptors (Lipinski definition) is 3. The lowest BCUT2D eigenvalue weighted by atomic mass is 10.1. The minimum atomic E-state index is -0.907. The number of carbonyl (C=O) groups excluding carboxylic acids is 2. The van der Waals surface area contributed by atoms with Crippen molar-refractivity contribution in [2.24, 2.45) is 0 Å². The smallest absolute Gasteiger partial charge is 0.408 e. The van der Waals surface area contributed by atoms with Crippen LogP contribution < -0.4 is 5.32 Å². The third-order valence-corrected chi connectivity index (χ3v) is 3.40. The molecule has 0 aliphatic heterocycles. The highest BCUT2D eigenvalue weighted by molar-refractivity contribution is 6.34. The minimum absolute atomic E-state index is 0.333. The largest absolute Gasteiger partial charge is 0.438 e. The van der Waals surface area contributed by atoms with Crippen LogP contribution in [0.2, 0.25) is 5.02 Å². The Morgan fingerprint density at radius 3 is 2.41 bits per heavy atom. The van der Waals surface area contributed by atoms with Crippen LogP contribution in [0.15, 0.2) is 54.6 Å². The summed E-state index contributed by atoms with van der Waals surface area (Å²) in [4.78, 5) is 23.9. The average molecular weight is 318 g/mol. The zero-order chi connectivity index (χ0) is 15.9.